The summed E-state index contributed by atoms with van der Waals surface area (Å²) in [6, 6.07) is 14.1. The largest absolute Gasteiger partial charge is 0.308 e. The Morgan fingerprint density at radius 3 is 2.69 bits per heavy atom. The zero-order valence-corrected chi connectivity index (χ0v) is 16.9. The minimum absolute atomic E-state index is 0.387. The second-order valence-corrected chi connectivity index (χ2v) is 9.26. The molecule has 4 heteroatoms. The Kier molecular flexibility index (Phi) is 5.46. The number of fused-ring (bicyclic) bond motifs is 2. The van der Waals surface area contributed by atoms with E-state index in [1.165, 1.54) is 43.8 Å². The van der Waals surface area contributed by atoms with Gasteiger partial charge in [-0.15, -0.1) is 11.3 Å². The first-order valence-electron chi connectivity index (χ1n) is 9.89. The second-order valence-electron chi connectivity index (χ2n) is 8.23. The molecule has 140 valence electrons. The quantitative estimate of drug-likeness (QED) is 0.834. The van der Waals surface area contributed by atoms with Crippen molar-refractivity contribution in [3.8, 4) is 0 Å². The van der Waals surface area contributed by atoms with Gasteiger partial charge in [0.25, 0.3) is 0 Å². The number of likely N-dealkylation sites (N-methyl/N-ethyl adjacent to an activating group) is 1. The number of hydrogen-bond acceptors (Lipinski definition) is 4. The van der Waals surface area contributed by atoms with Crippen LogP contribution in [0.25, 0.3) is 0 Å². The maximum Gasteiger partial charge on any atom is 0.0335 e. The molecule has 0 unspecified atom stereocenters. The van der Waals surface area contributed by atoms with Gasteiger partial charge in [0.1, 0.15) is 0 Å². The van der Waals surface area contributed by atoms with E-state index in [4.69, 9.17) is 0 Å². The number of benzene rings is 1. The lowest BCUT2D eigenvalue weighted by Gasteiger charge is -2.40. The maximum absolute atomic E-state index is 3.85. The summed E-state index contributed by atoms with van der Waals surface area (Å²) < 4.78 is 0. The van der Waals surface area contributed by atoms with E-state index in [1.54, 1.807) is 11.1 Å². The predicted octanol–water partition coefficient (Wildman–Crippen LogP) is 3.88. The van der Waals surface area contributed by atoms with Crippen molar-refractivity contribution in [3.63, 3.8) is 0 Å². The van der Waals surface area contributed by atoms with Crippen molar-refractivity contribution in [1.82, 2.24) is 15.1 Å². The summed E-state index contributed by atoms with van der Waals surface area (Å²) in [6.07, 6.45) is 3.86. The first kappa shape index (κ1) is 18.2. The molecule has 1 N–H and O–H groups in total. The third-order valence-electron chi connectivity index (χ3n) is 6.28. The Bertz CT molecular complexity index is 702. The highest BCUT2D eigenvalue weighted by molar-refractivity contribution is 7.09. The van der Waals surface area contributed by atoms with E-state index in [-0.39, 0.29) is 0 Å². The van der Waals surface area contributed by atoms with Gasteiger partial charge in [-0.2, -0.15) is 0 Å². The highest BCUT2D eigenvalue weighted by Crippen LogP contribution is 2.50. The van der Waals surface area contributed by atoms with E-state index in [1.807, 2.05) is 11.3 Å². The first-order valence-corrected chi connectivity index (χ1v) is 10.8. The smallest absolute Gasteiger partial charge is 0.0335 e. The Morgan fingerprint density at radius 1 is 1.15 bits per heavy atom. The molecular weight excluding hydrogens is 338 g/mol. The van der Waals surface area contributed by atoms with Crippen molar-refractivity contribution in [2.45, 2.75) is 37.3 Å². The molecule has 0 radical (unpaired) electrons. The SMILES string of the molecule is CN(C)CCN1CCC2(CC1)C[C@H](NCc1cccs1)c1ccccc12. The van der Waals surface area contributed by atoms with E-state index in [0.29, 0.717) is 11.5 Å². The second kappa shape index (κ2) is 7.81. The minimum atomic E-state index is 0.387. The summed E-state index contributed by atoms with van der Waals surface area (Å²) in [5.41, 5.74) is 3.56. The van der Waals surface area contributed by atoms with Gasteiger partial charge in [0.05, 0.1) is 0 Å². The van der Waals surface area contributed by atoms with Gasteiger partial charge in [-0.3, -0.25) is 0 Å². The molecule has 2 heterocycles. The van der Waals surface area contributed by atoms with Crippen LogP contribution in [0.5, 0.6) is 0 Å². The zero-order valence-electron chi connectivity index (χ0n) is 16.1. The third kappa shape index (κ3) is 3.74. The summed E-state index contributed by atoms with van der Waals surface area (Å²) in [5, 5.41) is 6.02. The van der Waals surface area contributed by atoms with Crippen molar-refractivity contribution in [2.24, 2.45) is 0 Å². The third-order valence-corrected chi connectivity index (χ3v) is 7.16. The maximum atomic E-state index is 3.85. The number of rotatable bonds is 6. The molecule has 0 saturated carbocycles. The highest BCUT2D eigenvalue weighted by Gasteiger charge is 2.44. The van der Waals surface area contributed by atoms with Crippen molar-refractivity contribution < 1.29 is 0 Å². The van der Waals surface area contributed by atoms with Gasteiger partial charge >= 0.3 is 0 Å². The van der Waals surface area contributed by atoms with E-state index in [0.717, 1.165) is 13.1 Å². The number of thiophene rings is 1. The number of nitrogens with zero attached hydrogens (tertiary/aromatic N) is 2. The average molecular weight is 370 g/mol. The molecule has 1 aromatic carbocycles. The monoisotopic (exact) mass is 369 g/mol. The minimum Gasteiger partial charge on any atom is -0.308 e. The Hall–Kier alpha value is -1.20. The normalized spacial score (nSPS) is 22.2. The van der Waals surface area contributed by atoms with Gasteiger partial charge in [0, 0.05) is 30.6 Å². The Balaban J connectivity index is 1.44. The van der Waals surface area contributed by atoms with Crippen LogP contribution in [-0.4, -0.2) is 50.1 Å². The molecule has 26 heavy (non-hydrogen) atoms. The van der Waals surface area contributed by atoms with Crippen LogP contribution in [0.2, 0.25) is 0 Å². The molecule has 1 fully saturated rings. The molecular formula is C22H31N3S. The van der Waals surface area contributed by atoms with E-state index >= 15 is 0 Å². The topological polar surface area (TPSA) is 18.5 Å². The van der Waals surface area contributed by atoms with E-state index < -0.39 is 0 Å². The van der Waals surface area contributed by atoms with Crippen molar-refractivity contribution in [1.29, 1.82) is 0 Å². The van der Waals surface area contributed by atoms with Gasteiger partial charge in [0.2, 0.25) is 0 Å². The van der Waals surface area contributed by atoms with Crippen LogP contribution in [-0.2, 0) is 12.0 Å². The van der Waals surface area contributed by atoms with Crippen LogP contribution in [0.4, 0.5) is 0 Å². The van der Waals surface area contributed by atoms with Gasteiger partial charge in [-0.25, -0.2) is 0 Å². The summed E-state index contributed by atoms with van der Waals surface area (Å²) in [4.78, 5) is 6.38. The van der Waals surface area contributed by atoms with Crippen LogP contribution < -0.4 is 5.32 Å². The first-order chi connectivity index (χ1) is 12.7. The van der Waals surface area contributed by atoms with Gasteiger partial charge in [-0.05, 0) is 74.4 Å². The predicted molar refractivity (Wildman–Crippen MR) is 111 cm³/mol. The molecule has 1 aliphatic carbocycles. The lowest BCUT2D eigenvalue weighted by molar-refractivity contribution is 0.143. The molecule has 4 rings (SSSR count). The van der Waals surface area contributed by atoms with Crippen molar-refractivity contribution >= 4 is 11.3 Å². The van der Waals surface area contributed by atoms with Crippen molar-refractivity contribution in [3.05, 3.63) is 57.8 Å². The molecule has 1 aliphatic heterocycles. The number of nitrogens with one attached hydrogen (secondary N) is 1. The fraction of sp³-hybridized carbons (Fsp3) is 0.545. The highest BCUT2D eigenvalue weighted by atomic mass is 32.1. The lowest BCUT2D eigenvalue weighted by atomic mass is 9.73. The molecule has 2 aliphatic rings. The standard InChI is InChI=1S/C22H31N3S/c1-24(2)13-14-25-11-9-22(10-12-25)16-21(19-7-3-4-8-20(19)22)23-17-18-6-5-15-26-18/h3-8,15,21,23H,9-14,16-17H2,1-2H3/t21-/m0/s1. The Morgan fingerprint density at radius 2 is 1.96 bits per heavy atom. The molecule has 1 aromatic heterocycles. The summed E-state index contributed by atoms with van der Waals surface area (Å²) in [6.45, 7) is 5.82. The molecule has 1 saturated heterocycles. The van der Waals surface area contributed by atoms with Crippen LogP contribution in [0, 0.1) is 0 Å². The fourth-order valence-corrected chi connectivity index (χ4v) is 5.39. The van der Waals surface area contributed by atoms with Gasteiger partial charge < -0.3 is 15.1 Å². The van der Waals surface area contributed by atoms with Crippen LogP contribution in [0.1, 0.15) is 41.3 Å². The number of piperidine rings is 1. The van der Waals surface area contributed by atoms with E-state index in [2.05, 4.69) is 71.0 Å². The van der Waals surface area contributed by atoms with Crippen LogP contribution in [0.15, 0.2) is 41.8 Å². The fourth-order valence-electron chi connectivity index (χ4n) is 4.73. The molecule has 0 bridgehead atoms. The summed E-state index contributed by atoms with van der Waals surface area (Å²) >= 11 is 1.85. The number of likely N-dealkylation sites (tertiary alicyclic amines) is 1. The molecule has 0 amide bonds. The van der Waals surface area contributed by atoms with Crippen LogP contribution in [0.3, 0.4) is 0 Å². The molecule has 1 atom stereocenters. The Labute approximate surface area is 162 Å². The zero-order chi connectivity index (χ0) is 18.0. The van der Waals surface area contributed by atoms with Gasteiger partial charge in [0.15, 0.2) is 0 Å². The number of hydrogen-bond donors (Lipinski definition) is 1. The lowest BCUT2D eigenvalue weighted by Crippen LogP contribution is -2.44. The molecule has 3 nitrogen and oxygen atoms in total. The van der Waals surface area contributed by atoms with E-state index in [9.17, 15) is 0 Å². The summed E-state index contributed by atoms with van der Waals surface area (Å²) in [5.74, 6) is 0. The van der Waals surface area contributed by atoms with Crippen molar-refractivity contribution in [2.75, 3.05) is 40.3 Å². The van der Waals surface area contributed by atoms with Crippen LogP contribution >= 0.6 is 11.3 Å². The average Bonchev–Trinajstić information content (AvgIpc) is 3.27. The molecule has 1 spiro atoms. The molecule has 2 aromatic rings. The summed E-state index contributed by atoms with van der Waals surface area (Å²) in [7, 11) is 4.34. The van der Waals surface area contributed by atoms with Gasteiger partial charge in [-0.1, -0.05) is 30.3 Å².